The number of carbonyl (C=O) groups is 3. The minimum absolute atomic E-state index is 0.0889. The first kappa shape index (κ1) is 24.6. The zero-order chi connectivity index (χ0) is 24.7. The van der Waals surface area contributed by atoms with Crippen LogP contribution in [0.2, 0.25) is 5.02 Å². The van der Waals surface area contributed by atoms with E-state index in [1.54, 1.807) is 42.5 Å². The highest BCUT2D eigenvalue weighted by molar-refractivity contribution is 6.30. The number of hydrogen-bond acceptors (Lipinski definition) is 7. The molecule has 0 fully saturated rings. The molecule has 0 unspecified atom stereocenters. The van der Waals surface area contributed by atoms with Crippen LogP contribution in [-0.4, -0.2) is 39.2 Å². The van der Waals surface area contributed by atoms with Gasteiger partial charge in [-0.25, -0.2) is 9.59 Å². The van der Waals surface area contributed by atoms with Crippen molar-refractivity contribution >= 4 is 35.1 Å². The fraction of sp³-hybridized carbons (Fsp3) is 0.160. The molecule has 9 heteroatoms. The number of amides is 1. The summed E-state index contributed by atoms with van der Waals surface area (Å²) in [5, 5.41) is 3.23. The molecule has 0 spiro atoms. The van der Waals surface area contributed by atoms with Gasteiger partial charge in [-0.15, -0.1) is 0 Å². The molecular weight excluding hydrogens is 462 g/mol. The molecule has 34 heavy (non-hydrogen) atoms. The van der Waals surface area contributed by atoms with Crippen molar-refractivity contribution in [2.24, 2.45) is 0 Å². The molecule has 0 aliphatic carbocycles. The number of benzene rings is 3. The standard InChI is InChI=1S/C25H22ClNO7/c1-31-22-8-7-15(9-18(22)14-34-21-6-4-5-19(26)13-21)23(28)27-20-11-16(24(29)32-2)10-17(12-20)25(30)33-3/h4-13H,14H2,1-3H3,(H,27,28). The van der Waals surface area contributed by atoms with Crippen LogP contribution in [0.5, 0.6) is 11.5 Å². The smallest absolute Gasteiger partial charge is 0.337 e. The molecule has 8 nitrogen and oxygen atoms in total. The lowest BCUT2D eigenvalue weighted by atomic mass is 10.1. The van der Waals surface area contributed by atoms with Crippen molar-refractivity contribution in [1.29, 1.82) is 0 Å². The fourth-order valence-electron chi connectivity index (χ4n) is 3.12. The van der Waals surface area contributed by atoms with Crippen LogP contribution in [0, 0.1) is 0 Å². The monoisotopic (exact) mass is 483 g/mol. The minimum Gasteiger partial charge on any atom is -0.496 e. The molecule has 1 N–H and O–H groups in total. The molecule has 0 bridgehead atoms. The van der Waals surface area contributed by atoms with E-state index in [1.165, 1.54) is 39.5 Å². The van der Waals surface area contributed by atoms with Crippen molar-refractivity contribution in [3.8, 4) is 11.5 Å². The number of carbonyl (C=O) groups excluding carboxylic acids is 3. The molecule has 176 valence electrons. The number of rotatable bonds is 8. The van der Waals surface area contributed by atoms with E-state index in [9.17, 15) is 14.4 Å². The summed E-state index contributed by atoms with van der Waals surface area (Å²) in [5.41, 5.74) is 1.35. The first-order chi connectivity index (χ1) is 16.3. The number of anilines is 1. The highest BCUT2D eigenvalue weighted by atomic mass is 35.5. The molecular formula is C25H22ClNO7. The lowest BCUT2D eigenvalue weighted by Crippen LogP contribution is -2.15. The Morgan fingerprint density at radius 3 is 2.09 bits per heavy atom. The first-order valence-corrected chi connectivity index (χ1v) is 10.4. The van der Waals surface area contributed by atoms with E-state index in [-0.39, 0.29) is 23.4 Å². The summed E-state index contributed by atoms with van der Waals surface area (Å²) in [7, 11) is 3.95. The zero-order valence-electron chi connectivity index (χ0n) is 18.7. The van der Waals surface area contributed by atoms with Gasteiger partial charge in [-0.1, -0.05) is 17.7 Å². The normalized spacial score (nSPS) is 10.2. The molecule has 0 saturated carbocycles. The number of halogens is 1. The summed E-state index contributed by atoms with van der Waals surface area (Å²) in [6.45, 7) is 0.134. The Labute approximate surface area is 201 Å². The van der Waals surface area contributed by atoms with E-state index >= 15 is 0 Å². The van der Waals surface area contributed by atoms with Crippen molar-refractivity contribution in [2.45, 2.75) is 6.61 Å². The molecule has 0 saturated heterocycles. The van der Waals surface area contributed by atoms with Gasteiger partial charge in [0, 0.05) is 21.8 Å². The van der Waals surface area contributed by atoms with Crippen molar-refractivity contribution < 1.29 is 33.3 Å². The van der Waals surface area contributed by atoms with Crippen LogP contribution in [0.1, 0.15) is 36.6 Å². The Kier molecular flexibility index (Phi) is 8.10. The molecule has 0 aliphatic heterocycles. The summed E-state index contributed by atoms with van der Waals surface area (Å²) >= 11 is 5.99. The SMILES string of the molecule is COC(=O)c1cc(NC(=O)c2ccc(OC)c(COc3cccc(Cl)c3)c2)cc(C(=O)OC)c1. The molecule has 0 aromatic heterocycles. The molecule has 3 rings (SSSR count). The molecule has 0 atom stereocenters. The molecule has 3 aromatic rings. The summed E-state index contributed by atoms with van der Waals surface area (Å²) in [6.07, 6.45) is 0. The number of hydrogen-bond donors (Lipinski definition) is 1. The maximum absolute atomic E-state index is 12.9. The van der Waals surface area contributed by atoms with Crippen LogP contribution in [-0.2, 0) is 16.1 Å². The second-order valence-corrected chi connectivity index (χ2v) is 7.45. The van der Waals surface area contributed by atoms with Crippen LogP contribution in [0.4, 0.5) is 5.69 Å². The highest BCUT2D eigenvalue weighted by Gasteiger charge is 2.17. The van der Waals surface area contributed by atoms with Gasteiger partial charge in [-0.2, -0.15) is 0 Å². The third-order valence-corrected chi connectivity index (χ3v) is 5.00. The maximum Gasteiger partial charge on any atom is 0.337 e. The topological polar surface area (TPSA) is 100 Å². The van der Waals surface area contributed by atoms with Crippen LogP contribution < -0.4 is 14.8 Å². The average Bonchev–Trinajstić information content (AvgIpc) is 2.86. The lowest BCUT2D eigenvalue weighted by molar-refractivity contribution is 0.0599. The van der Waals surface area contributed by atoms with Crippen molar-refractivity contribution in [2.75, 3.05) is 26.6 Å². The van der Waals surface area contributed by atoms with Crippen molar-refractivity contribution in [3.63, 3.8) is 0 Å². The van der Waals surface area contributed by atoms with Gasteiger partial charge in [0.1, 0.15) is 18.1 Å². The Morgan fingerprint density at radius 2 is 1.50 bits per heavy atom. The Hall–Kier alpha value is -4.04. The quantitative estimate of drug-likeness (QED) is 0.461. The molecule has 0 radical (unpaired) electrons. The molecule has 0 aliphatic rings. The summed E-state index contributed by atoms with van der Waals surface area (Å²) < 4.78 is 20.6. The predicted octanol–water partition coefficient (Wildman–Crippen LogP) is 4.75. The zero-order valence-corrected chi connectivity index (χ0v) is 19.5. The highest BCUT2D eigenvalue weighted by Crippen LogP contribution is 2.25. The molecule has 1 amide bonds. The van der Waals surface area contributed by atoms with Gasteiger partial charge < -0.3 is 24.3 Å². The van der Waals surface area contributed by atoms with E-state index < -0.39 is 17.8 Å². The van der Waals surface area contributed by atoms with Gasteiger partial charge in [0.15, 0.2) is 0 Å². The van der Waals surface area contributed by atoms with Gasteiger partial charge in [-0.05, 0) is 54.6 Å². The number of methoxy groups -OCH3 is 3. The van der Waals surface area contributed by atoms with Gasteiger partial charge >= 0.3 is 11.9 Å². The fourth-order valence-corrected chi connectivity index (χ4v) is 3.31. The van der Waals surface area contributed by atoms with Gasteiger partial charge in [0.05, 0.1) is 32.5 Å². The molecule has 3 aromatic carbocycles. The van der Waals surface area contributed by atoms with Gasteiger partial charge in [0.2, 0.25) is 0 Å². The van der Waals surface area contributed by atoms with E-state index in [0.29, 0.717) is 27.6 Å². The first-order valence-electron chi connectivity index (χ1n) is 10.0. The van der Waals surface area contributed by atoms with Crippen LogP contribution >= 0.6 is 11.6 Å². The van der Waals surface area contributed by atoms with Crippen LogP contribution in [0.3, 0.4) is 0 Å². The van der Waals surface area contributed by atoms with Crippen molar-refractivity contribution in [1.82, 2.24) is 0 Å². The predicted molar refractivity (Wildman–Crippen MR) is 126 cm³/mol. The summed E-state index contributed by atoms with van der Waals surface area (Å²) in [6, 6.07) is 15.9. The van der Waals surface area contributed by atoms with Crippen LogP contribution in [0.15, 0.2) is 60.7 Å². The van der Waals surface area contributed by atoms with Crippen molar-refractivity contribution in [3.05, 3.63) is 87.9 Å². The third kappa shape index (κ3) is 6.05. The number of esters is 2. The minimum atomic E-state index is -0.661. The van der Waals surface area contributed by atoms with E-state index in [1.807, 2.05) is 0 Å². The Bertz CT molecular complexity index is 1190. The maximum atomic E-state index is 12.9. The van der Waals surface area contributed by atoms with Gasteiger partial charge in [-0.3, -0.25) is 4.79 Å². The largest absolute Gasteiger partial charge is 0.496 e. The number of ether oxygens (including phenoxy) is 4. The average molecular weight is 484 g/mol. The summed E-state index contributed by atoms with van der Waals surface area (Å²) in [5.74, 6) is -0.680. The summed E-state index contributed by atoms with van der Waals surface area (Å²) in [4.78, 5) is 36.9. The van der Waals surface area contributed by atoms with Crippen LogP contribution in [0.25, 0.3) is 0 Å². The Morgan fingerprint density at radius 1 is 0.824 bits per heavy atom. The molecule has 0 heterocycles. The number of nitrogens with one attached hydrogen (secondary N) is 1. The second-order valence-electron chi connectivity index (χ2n) is 7.01. The third-order valence-electron chi connectivity index (χ3n) is 4.77. The van der Waals surface area contributed by atoms with E-state index in [0.717, 1.165) is 0 Å². The van der Waals surface area contributed by atoms with Gasteiger partial charge in [0.25, 0.3) is 5.91 Å². The second kappa shape index (κ2) is 11.2. The van der Waals surface area contributed by atoms with E-state index in [4.69, 9.17) is 30.5 Å². The van der Waals surface area contributed by atoms with E-state index in [2.05, 4.69) is 5.32 Å². The lowest BCUT2D eigenvalue weighted by Gasteiger charge is -2.13. The Balaban J connectivity index is 1.85.